The molecule has 1 aromatic carbocycles. The first-order valence-corrected chi connectivity index (χ1v) is 6.04. The first-order valence-electron chi connectivity index (χ1n) is 5.66. The number of hydrogen-bond donors (Lipinski definition) is 1. The maximum Gasteiger partial charge on any atom is 0.242 e. The van der Waals surface area contributed by atoms with E-state index < -0.39 is 0 Å². The molecule has 0 bridgehead atoms. The lowest BCUT2D eigenvalue weighted by Gasteiger charge is -2.19. The molecule has 0 spiro atoms. The fraction of sp³-hybridized carbons (Fsp3) is 0.214. The summed E-state index contributed by atoms with van der Waals surface area (Å²) in [6.45, 7) is 8.54. The number of carbonyl (C=O) groups excluding carboxylic acids is 1. The van der Waals surface area contributed by atoms with Crippen molar-refractivity contribution in [2.75, 3.05) is 25.0 Å². The number of halogens is 1. The molecule has 0 fully saturated rings. The van der Waals surface area contributed by atoms with Gasteiger partial charge in [-0.3, -0.25) is 4.79 Å². The Morgan fingerprint density at radius 3 is 2.28 bits per heavy atom. The van der Waals surface area contributed by atoms with Gasteiger partial charge in [0.15, 0.2) is 0 Å². The van der Waals surface area contributed by atoms with Crippen LogP contribution in [0.5, 0.6) is 0 Å². The van der Waals surface area contributed by atoms with Crippen LogP contribution in [0.2, 0.25) is 5.02 Å². The third kappa shape index (κ3) is 4.63. The molecular formula is C14H17ClN2O. The van der Waals surface area contributed by atoms with Crippen LogP contribution in [-0.4, -0.2) is 30.4 Å². The second-order valence-corrected chi connectivity index (χ2v) is 4.17. The van der Waals surface area contributed by atoms with Crippen LogP contribution >= 0.6 is 11.6 Å². The smallest absolute Gasteiger partial charge is 0.242 e. The summed E-state index contributed by atoms with van der Waals surface area (Å²) in [5.74, 6) is 0.00440. The van der Waals surface area contributed by atoms with Crippen LogP contribution in [0.1, 0.15) is 0 Å². The molecule has 1 N–H and O–H groups in total. The van der Waals surface area contributed by atoms with E-state index in [2.05, 4.69) is 18.5 Å². The molecule has 1 aromatic rings. The molecule has 0 aliphatic rings. The maximum absolute atomic E-state index is 11.9. The summed E-state index contributed by atoms with van der Waals surface area (Å²) in [6.07, 6.45) is 3.40. The minimum Gasteiger partial charge on any atom is -0.376 e. The highest BCUT2D eigenvalue weighted by Crippen LogP contribution is 2.13. The zero-order valence-corrected chi connectivity index (χ0v) is 11.0. The molecule has 3 nitrogen and oxygen atoms in total. The van der Waals surface area contributed by atoms with Crippen LogP contribution < -0.4 is 5.32 Å². The Bertz CT molecular complexity index is 404. The van der Waals surface area contributed by atoms with Crippen molar-refractivity contribution in [3.05, 3.63) is 54.6 Å². The average Bonchev–Trinajstić information content (AvgIpc) is 2.37. The van der Waals surface area contributed by atoms with Gasteiger partial charge in [0.05, 0.1) is 6.54 Å². The van der Waals surface area contributed by atoms with Gasteiger partial charge in [-0.05, 0) is 24.3 Å². The van der Waals surface area contributed by atoms with Crippen molar-refractivity contribution in [3.8, 4) is 0 Å². The van der Waals surface area contributed by atoms with Crippen LogP contribution in [0, 0.1) is 0 Å². The standard InChI is InChI=1S/C14H17ClN2O/c1-3-9-17(10-4-2)14(18)11-16-13-7-5-12(15)6-8-13/h3-8,16H,1-2,9-11H2. The molecule has 0 aliphatic carbocycles. The second-order valence-electron chi connectivity index (χ2n) is 3.74. The predicted octanol–water partition coefficient (Wildman–Crippen LogP) is 2.95. The lowest BCUT2D eigenvalue weighted by molar-refractivity contribution is -0.128. The van der Waals surface area contributed by atoms with Crippen molar-refractivity contribution in [2.45, 2.75) is 0 Å². The first-order chi connectivity index (χ1) is 8.67. The van der Waals surface area contributed by atoms with Crippen molar-refractivity contribution in [3.63, 3.8) is 0 Å². The zero-order chi connectivity index (χ0) is 13.4. The summed E-state index contributed by atoms with van der Waals surface area (Å²) < 4.78 is 0. The molecular weight excluding hydrogens is 248 g/mol. The number of anilines is 1. The van der Waals surface area contributed by atoms with Gasteiger partial charge in [-0.2, -0.15) is 0 Å². The highest BCUT2D eigenvalue weighted by molar-refractivity contribution is 6.30. The van der Waals surface area contributed by atoms with Crippen molar-refractivity contribution in [1.82, 2.24) is 4.90 Å². The predicted molar refractivity (Wildman–Crippen MR) is 76.9 cm³/mol. The van der Waals surface area contributed by atoms with Gasteiger partial charge >= 0.3 is 0 Å². The van der Waals surface area contributed by atoms with Crippen molar-refractivity contribution < 1.29 is 4.79 Å². The Labute approximate surface area is 113 Å². The van der Waals surface area contributed by atoms with Crippen LogP contribution in [0.15, 0.2) is 49.6 Å². The monoisotopic (exact) mass is 264 g/mol. The van der Waals surface area contributed by atoms with Gasteiger partial charge < -0.3 is 10.2 Å². The van der Waals surface area contributed by atoms with Gasteiger partial charge in [0, 0.05) is 23.8 Å². The summed E-state index contributed by atoms with van der Waals surface area (Å²) in [6, 6.07) is 7.22. The van der Waals surface area contributed by atoms with E-state index in [0.29, 0.717) is 18.1 Å². The summed E-state index contributed by atoms with van der Waals surface area (Å²) in [5.41, 5.74) is 0.866. The van der Waals surface area contributed by atoms with Crippen LogP contribution in [0.3, 0.4) is 0 Å². The Balaban J connectivity index is 2.50. The molecule has 18 heavy (non-hydrogen) atoms. The normalized spacial score (nSPS) is 9.61. The maximum atomic E-state index is 11.9. The molecule has 4 heteroatoms. The van der Waals surface area contributed by atoms with E-state index in [-0.39, 0.29) is 12.5 Å². The number of nitrogens with zero attached hydrogens (tertiary/aromatic N) is 1. The molecule has 0 saturated carbocycles. The van der Waals surface area contributed by atoms with Gasteiger partial charge in [-0.25, -0.2) is 0 Å². The Hall–Kier alpha value is -1.74. The van der Waals surface area contributed by atoms with Crippen LogP contribution in [0.25, 0.3) is 0 Å². The molecule has 0 atom stereocenters. The van der Waals surface area contributed by atoms with Gasteiger partial charge in [0.25, 0.3) is 0 Å². The fourth-order valence-corrected chi connectivity index (χ4v) is 1.57. The minimum absolute atomic E-state index is 0.00440. The molecule has 0 radical (unpaired) electrons. The zero-order valence-electron chi connectivity index (χ0n) is 10.2. The largest absolute Gasteiger partial charge is 0.376 e. The first kappa shape index (κ1) is 14.3. The summed E-state index contributed by atoms with van der Waals surface area (Å²) in [4.78, 5) is 13.6. The Kier molecular flexibility index (Phi) is 6.01. The summed E-state index contributed by atoms with van der Waals surface area (Å²) >= 11 is 5.78. The molecule has 1 amide bonds. The third-order valence-electron chi connectivity index (χ3n) is 2.34. The van der Waals surface area contributed by atoms with Crippen LogP contribution in [0.4, 0.5) is 5.69 Å². The van der Waals surface area contributed by atoms with E-state index in [1.54, 1.807) is 29.2 Å². The number of nitrogens with one attached hydrogen (secondary N) is 1. The molecule has 0 aliphatic heterocycles. The van der Waals surface area contributed by atoms with E-state index in [9.17, 15) is 4.79 Å². The molecule has 0 aromatic heterocycles. The topological polar surface area (TPSA) is 32.3 Å². The molecule has 1 rings (SSSR count). The second kappa shape index (κ2) is 7.56. The summed E-state index contributed by atoms with van der Waals surface area (Å²) in [7, 11) is 0. The van der Waals surface area contributed by atoms with E-state index in [1.165, 1.54) is 0 Å². The number of benzene rings is 1. The molecule has 0 saturated heterocycles. The van der Waals surface area contributed by atoms with E-state index in [4.69, 9.17) is 11.6 Å². The molecule has 0 heterocycles. The van der Waals surface area contributed by atoms with Gasteiger partial charge in [0.2, 0.25) is 5.91 Å². The lowest BCUT2D eigenvalue weighted by atomic mass is 10.3. The fourth-order valence-electron chi connectivity index (χ4n) is 1.45. The van der Waals surface area contributed by atoms with E-state index in [1.807, 2.05) is 12.1 Å². The Morgan fingerprint density at radius 2 is 1.78 bits per heavy atom. The lowest BCUT2D eigenvalue weighted by Crippen LogP contribution is -2.35. The van der Waals surface area contributed by atoms with Gasteiger partial charge in [0.1, 0.15) is 0 Å². The van der Waals surface area contributed by atoms with Crippen molar-refractivity contribution in [2.24, 2.45) is 0 Å². The summed E-state index contributed by atoms with van der Waals surface area (Å²) in [5, 5.41) is 3.72. The number of hydrogen-bond acceptors (Lipinski definition) is 2. The highest BCUT2D eigenvalue weighted by Gasteiger charge is 2.09. The third-order valence-corrected chi connectivity index (χ3v) is 2.59. The number of rotatable bonds is 7. The average molecular weight is 265 g/mol. The molecule has 96 valence electrons. The van der Waals surface area contributed by atoms with Crippen molar-refractivity contribution in [1.29, 1.82) is 0 Å². The highest BCUT2D eigenvalue weighted by atomic mass is 35.5. The van der Waals surface area contributed by atoms with E-state index >= 15 is 0 Å². The molecule has 0 unspecified atom stereocenters. The van der Waals surface area contributed by atoms with Gasteiger partial charge in [-0.1, -0.05) is 23.8 Å². The van der Waals surface area contributed by atoms with Gasteiger partial charge in [-0.15, -0.1) is 13.2 Å². The van der Waals surface area contributed by atoms with Crippen LogP contribution in [-0.2, 0) is 4.79 Å². The number of amides is 1. The minimum atomic E-state index is 0.00440. The van der Waals surface area contributed by atoms with Crippen molar-refractivity contribution >= 4 is 23.2 Å². The SMILES string of the molecule is C=CCN(CC=C)C(=O)CNc1ccc(Cl)cc1. The quantitative estimate of drug-likeness (QED) is 0.768. The van der Waals surface area contributed by atoms with E-state index in [0.717, 1.165) is 5.69 Å². The Morgan fingerprint density at radius 1 is 1.22 bits per heavy atom. The number of carbonyl (C=O) groups is 1.